The molecule has 2 N–H and O–H groups in total. The monoisotopic (exact) mass is 448 g/mol. The number of rotatable bonds is 9. The zero-order valence-electron chi connectivity index (χ0n) is 17.4. The van der Waals surface area contributed by atoms with Crippen molar-refractivity contribution >= 4 is 38.9 Å². The van der Waals surface area contributed by atoms with Gasteiger partial charge in [0.05, 0.1) is 28.1 Å². The Kier molecular flexibility index (Phi) is 7.70. The number of benzene rings is 2. The van der Waals surface area contributed by atoms with Crippen LogP contribution in [0, 0.1) is 10.1 Å². The summed E-state index contributed by atoms with van der Waals surface area (Å²) >= 11 is 0. The Morgan fingerprint density at radius 3 is 2.45 bits per heavy atom. The van der Waals surface area contributed by atoms with Crippen molar-refractivity contribution in [3.8, 4) is 0 Å². The summed E-state index contributed by atoms with van der Waals surface area (Å²) in [7, 11) is -3.92. The first-order valence-electron chi connectivity index (χ1n) is 9.44. The molecule has 166 valence electrons. The minimum atomic E-state index is -3.92. The number of hydrogen-bond donors (Lipinski definition) is 2. The van der Waals surface area contributed by atoms with E-state index in [1.54, 1.807) is 18.2 Å². The molecule has 0 aliphatic carbocycles. The summed E-state index contributed by atoms with van der Waals surface area (Å²) < 4.78 is 25.2. The number of anilines is 2. The highest BCUT2D eigenvalue weighted by Crippen LogP contribution is 2.23. The first-order chi connectivity index (χ1) is 14.5. The van der Waals surface area contributed by atoms with Crippen LogP contribution >= 0.6 is 0 Å². The molecule has 31 heavy (non-hydrogen) atoms. The van der Waals surface area contributed by atoms with E-state index in [1.165, 1.54) is 24.3 Å². The molecule has 0 aromatic heterocycles. The molecule has 0 fully saturated rings. The van der Waals surface area contributed by atoms with Crippen LogP contribution < -0.4 is 14.9 Å². The van der Waals surface area contributed by atoms with Gasteiger partial charge in [-0.1, -0.05) is 25.1 Å². The van der Waals surface area contributed by atoms with E-state index in [4.69, 9.17) is 0 Å². The number of non-ortho nitro benzene ring substituents is 1. The van der Waals surface area contributed by atoms with Gasteiger partial charge < -0.3 is 10.6 Å². The van der Waals surface area contributed by atoms with E-state index in [1.807, 2.05) is 13.8 Å². The molecular formula is C20H24N4O6S. The number of carbonyl (C=O) groups excluding carboxylic acids is 2. The molecular weight excluding hydrogens is 424 g/mol. The van der Waals surface area contributed by atoms with Gasteiger partial charge in [0.15, 0.2) is 0 Å². The van der Waals surface area contributed by atoms with Crippen LogP contribution in [0.15, 0.2) is 48.5 Å². The van der Waals surface area contributed by atoms with Gasteiger partial charge in [-0.25, -0.2) is 8.42 Å². The fraction of sp³-hybridized carbons (Fsp3) is 0.300. The largest absolute Gasteiger partial charge is 0.350 e. The zero-order chi connectivity index (χ0) is 23.2. The van der Waals surface area contributed by atoms with Crippen molar-refractivity contribution in [3.63, 3.8) is 0 Å². The lowest BCUT2D eigenvalue weighted by atomic mass is 10.1. The zero-order valence-corrected chi connectivity index (χ0v) is 18.2. The Labute approximate surface area is 180 Å². The highest BCUT2D eigenvalue weighted by molar-refractivity contribution is 7.92. The molecule has 0 heterocycles. The number of nitrogens with one attached hydrogen (secondary N) is 2. The molecule has 2 aromatic rings. The van der Waals surface area contributed by atoms with Gasteiger partial charge in [-0.3, -0.25) is 24.0 Å². The molecule has 0 radical (unpaired) electrons. The number of nitrogens with zero attached hydrogens (tertiary/aromatic N) is 2. The third-order valence-corrected chi connectivity index (χ3v) is 5.59. The van der Waals surface area contributed by atoms with Crippen molar-refractivity contribution in [1.82, 2.24) is 5.32 Å². The van der Waals surface area contributed by atoms with Gasteiger partial charge in [0.2, 0.25) is 15.9 Å². The Hall–Kier alpha value is -3.47. The lowest BCUT2D eigenvalue weighted by Crippen LogP contribution is -2.38. The summed E-state index contributed by atoms with van der Waals surface area (Å²) in [5, 5.41) is 16.4. The Bertz CT molecular complexity index is 1090. The highest BCUT2D eigenvalue weighted by atomic mass is 32.2. The molecule has 0 aliphatic heterocycles. The van der Waals surface area contributed by atoms with Crippen molar-refractivity contribution in [3.05, 3.63) is 64.2 Å². The van der Waals surface area contributed by atoms with Crippen LogP contribution in [-0.4, -0.2) is 44.0 Å². The van der Waals surface area contributed by atoms with E-state index in [0.29, 0.717) is 0 Å². The van der Waals surface area contributed by atoms with Gasteiger partial charge >= 0.3 is 0 Å². The molecule has 11 heteroatoms. The van der Waals surface area contributed by atoms with E-state index in [2.05, 4.69) is 10.6 Å². The van der Waals surface area contributed by atoms with E-state index in [9.17, 15) is 28.1 Å². The number of sulfonamides is 1. The predicted octanol–water partition coefficient (Wildman–Crippen LogP) is 2.53. The molecule has 0 spiro atoms. The maximum absolute atomic E-state index is 12.6. The van der Waals surface area contributed by atoms with Crippen molar-refractivity contribution < 1.29 is 22.9 Å². The summed E-state index contributed by atoms with van der Waals surface area (Å²) in [4.78, 5) is 35.5. The molecule has 2 amide bonds. The van der Waals surface area contributed by atoms with E-state index in [-0.39, 0.29) is 34.6 Å². The number of carbonyl (C=O) groups is 2. The minimum absolute atomic E-state index is 0.0188. The molecule has 10 nitrogen and oxygen atoms in total. The van der Waals surface area contributed by atoms with Gasteiger partial charge in [-0.2, -0.15) is 0 Å². The van der Waals surface area contributed by atoms with Crippen LogP contribution in [0.5, 0.6) is 0 Å². The van der Waals surface area contributed by atoms with Gasteiger partial charge in [-0.05, 0) is 31.5 Å². The summed E-state index contributed by atoms with van der Waals surface area (Å²) in [6.45, 7) is 3.15. The fourth-order valence-corrected chi connectivity index (χ4v) is 3.52. The highest BCUT2D eigenvalue weighted by Gasteiger charge is 2.23. The molecule has 0 saturated heterocycles. The number of hydrogen-bond acceptors (Lipinski definition) is 6. The summed E-state index contributed by atoms with van der Waals surface area (Å²) in [5.41, 5.74) is 0.131. The van der Waals surface area contributed by atoms with E-state index >= 15 is 0 Å². The summed E-state index contributed by atoms with van der Waals surface area (Å²) in [6.07, 6.45) is 1.62. The standard InChI is InChI=1S/C20H24N4O6S/c1-4-14(2)21-20(26)17-10-5-6-11-18(17)22-19(25)13-23(31(3,29)30)15-8-7-9-16(12-15)24(27)28/h5-12,14H,4,13H2,1-3H3,(H,21,26)(H,22,25)/t14-/m1/s1. The maximum Gasteiger partial charge on any atom is 0.271 e. The molecule has 2 aromatic carbocycles. The Balaban J connectivity index is 2.26. The first kappa shape index (κ1) is 23.8. The third-order valence-electron chi connectivity index (χ3n) is 4.45. The molecule has 0 bridgehead atoms. The van der Waals surface area contributed by atoms with Gasteiger partial charge in [0.1, 0.15) is 6.54 Å². The first-order valence-corrected chi connectivity index (χ1v) is 11.3. The summed E-state index contributed by atoms with van der Waals surface area (Å²) in [5.74, 6) is -1.08. The number of nitro groups is 1. The van der Waals surface area contributed by atoms with Crippen molar-refractivity contribution in [1.29, 1.82) is 0 Å². The van der Waals surface area contributed by atoms with Gasteiger partial charge in [0, 0.05) is 18.2 Å². The third kappa shape index (κ3) is 6.51. The smallest absolute Gasteiger partial charge is 0.271 e. The number of para-hydroxylation sites is 1. The van der Waals surface area contributed by atoms with Crippen LogP contribution in [0.3, 0.4) is 0 Å². The predicted molar refractivity (Wildman–Crippen MR) is 118 cm³/mol. The lowest BCUT2D eigenvalue weighted by molar-refractivity contribution is -0.384. The van der Waals surface area contributed by atoms with Crippen LogP contribution in [0.25, 0.3) is 0 Å². The molecule has 0 aliphatic rings. The van der Waals surface area contributed by atoms with Crippen LogP contribution in [0.4, 0.5) is 17.1 Å². The van der Waals surface area contributed by atoms with Crippen LogP contribution in [0.1, 0.15) is 30.6 Å². The van der Waals surface area contributed by atoms with E-state index < -0.39 is 27.4 Å². The SMILES string of the molecule is CC[C@@H](C)NC(=O)c1ccccc1NC(=O)CN(c1cccc([N+](=O)[O-])c1)S(C)(=O)=O. The number of amides is 2. The van der Waals surface area contributed by atoms with Crippen LogP contribution in [-0.2, 0) is 14.8 Å². The second-order valence-electron chi connectivity index (χ2n) is 6.92. The Morgan fingerprint density at radius 1 is 1.16 bits per heavy atom. The number of nitro benzene ring substituents is 1. The van der Waals surface area contributed by atoms with Gasteiger partial charge in [-0.15, -0.1) is 0 Å². The van der Waals surface area contributed by atoms with Crippen molar-refractivity contribution in [2.75, 3.05) is 22.4 Å². The topological polar surface area (TPSA) is 139 Å². The quantitative estimate of drug-likeness (QED) is 0.446. The van der Waals surface area contributed by atoms with Crippen LogP contribution in [0.2, 0.25) is 0 Å². The molecule has 0 saturated carbocycles. The maximum atomic E-state index is 12.6. The van der Waals surface area contributed by atoms with E-state index in [0.717, 1.165) is 23.0 Å². The van der Waals surface area contributed by atoms with Crippen molar-refractivity contribution in [2.45, 2.75) is 26.3 Å². The average Bonchev–Trinajstić information content (AvgIpc) is 2.71. The second-order valence-corrected chi connectivity index (χ2v) is 8.83. The summed E-state index contributed by atoms with van der Waals surface area (Å²) in [6, 6.07) is 11.3. The fourth-order valence-electron chi connectivity index (χ4n) is 2.68. The molecule has 0 unspecified atom stereocenters. The van der Waals surface area contributed by atoms with Gasteiger partial charge in [0.25, 0.3) is 11.6 Å². The Morgan fingerprint density at radius 2 is 1.84 bits per heavy atom. The molecule has 1 atom stereocenters. The average molecular weight is 449 g/mol. The normalized spacial score (nSPS) is 12.0. The lowest BCUT2D eigenvalue weighted by Gasteiger charge is -2.22. The minimum Gasteiger partial charge on any atom is -0.350 e. The molecule has 2 rings (SSSR count). The second kappa shape index (κ2) is 10.0. The van der Waals surface area contributed by atoms with Crippen molar-refractivity contribution in [2.24, 2.45) is 0 Å².